The summed E-state index contributed by atoms with van der Waals surface area (Å²) in [7, 11) is 0. The first-order valence-electron chi connectivity index (χ1n) is 31.6. The maximum Gasteiger partial charge on any atom is 0.187 e. The van der Waals surface area contributed by atoms with Crippen LogP contribution in [0.15, 0.2) is 315 Å². The third-order valence-corrected chi connectivity index (χ3v) is 17.9. The van der Waals surface area contributed by atoms with E-state index in [1.165, 1.54) is 0 Å². The lowest BCUT2D eigenvalue weighted by molar-refractivity contribution is 1.07. The van der Waals surface area contributed by atoms with E-state index in [2.05, 4.69) is 177 Å². The minimum absolute atomic E-state index is 0.514. The largest absolute Gasteiger partial charge is 0.309 e. The molecule has 10 nitrogen and oxygen atoms in total. The van der Waals surface area contributed by atoms with Crippen LogP contribution in [0.3, 0.4) is 0 Å². The lowest BCUT2D eigenvalue weighted by Gasteiger charge is -2.17. The van der Waals surface area contributed by atoms with Gasteiger partial charge in [0.15, 0.2) is 46.3 Å². The summed E-state index contributed by atoms with van der Waals surface area (Å²) in [5.41, 5.74) is 20.0. The van der Waals surface area contributed by atoms with E-state index in [1.54, 1.807) is 0 Å². The van der Waals surface area contributed by atoms with Crippen LogP contribution in [-0.2, 0) is 0 Å². The van der Waals surface area contributed by atoms with Gasteiger partial charge in [-0.05, 0) is 123 Å². The molecule has 96 heavy (non-hydrogen) atoms. The maximum atomic E-state index is 7.75. The Kier molecular flexibility index (Phi) is 14.1. The summed E-state index contributed by atoms with van der Waals surface area (Å²) < 4.78 is 4.65. The summed E-state index contributed by atoms with van der Waals surface area (Å²) in [6, 6.07) is 108. The molecule has 0 bridgehead atoms. The Morgan fingerprint density at radius 1 is 0.208 bits per heavy atom. The molecule has 0 aliphatic rings. The molecule has 0 spiro atoms. The molecule has 446 valence electrons. The minimum Gasteiger partial charge on any atom is -0.309 e. The van der Waals surface area contributed by atoms with Crippen molar-refractivity contribution in [3.63, 3.8) is 0 Å². The van der Waals surface area contributed by atoms with Crippen molar-refractivity contribution < 1.29 is 0 Å². The van der Waals surface area contributed by atoms with E-state index < -0.39 is 0 Å². The molecule has 0 amide bonds. The number of aromatic nitrogens is 8. The second kappa shape index (κ2) is 23.9. The van der Waals surface area contributed by atoms with Crippen molar-refractivity contribution in [1.82, 2.24) is 39.0 Å². The average Bonchev–Trinajstić information content (AvgIpc) is 1.70. The Hall–Kier alpha value is -13.5. The first-order valence-corrected chi connectivity index (χ1v) is 31.6. The maximum absolute atomic E-state index is 7.75. The molecule has 0 aliphatic heterocycles. The Bertz CT molecular complexity index is 5500. The van der Waals surface area contributed by atoms with Crippen molar-refractivity contribution in [2.75, 3.05) is 0 Å². The average molecular weight is 1230 g/mol. The SMILES string of the molecule is [C-]#[N+]c1cccc(-c2ccc3c(c2)c2ccccc2n3-c2ccc(-c3cccc(-c4ccc(-n5c6ccccc6c6cc(-c7cccc([N+]#[C-])c7)ccc65)cc4-c4nc(-c5ccccc5)nc(-c5ccccc5)n4)c3)c(-c3nc(-c4ccccc4)nc(-c4ccccc4)n3)c2)c1. The van der Waals surface area contributed by atoms with E-state index >= 15 is 0 Å². The van der Waals surface area contributed by atoms with Gasteiger partial charge in [0.1, 0.15) is 0 Å². The van der Waals surface area contributed by atoms with Gasteiger partial charge in [0.05, 0.1) is 35.2 Å². The summed E-state index contributed by atoms with van der Waals surface area (Å²) in [5.74, 6) is 3.24. The minimum atomic E-state index is 0.514. The highest BCUT2D eigenvalue weighted by atomic mass is 15.1. The van der Waals surface area contributed by atoms with E-state index in [4.69, 9.17) is 43.0 Å². The summed E-state index contributed by atoms with van der Waals surface area (Å²) in [4.78, 5) is 39.4. The summed E-state index contributed by atoms with van der Waals surface area (Å²) in [6.45, 7) is 15.5. The fraction of sp³-hybridized carbons (Fsp3) is 0. The van der Waals surface area contributed by atoms with Crippen LogP contribution < -0.4 is 0 Å². The number of benzene rings is 13. The fourth-order valence-corrected chi connectivity index (χ4v) is 13.3. The van der Waals surface area contributed by atoms with Crippen molar-refractivity contribution in [1.29, 1.82) is 0 Å². The standard InChI is InChI=1S/C86H52N10/c1-87-65-34-20-30-59(49-65)61-40-46-79-73(51-61)71-36-15-17-38-77(71)95(79)67-42-44-69(75(53-67)85-91-81(55-22-7-3-8-23-55)89-82(92-85)56-24-9-4-10-25-56)63-32-19-33-64(48-63)70-45-43-68(54-76(70)86-93-83(57-26-11-5-12-27-57)90-84(94-86)58-28-13-6-14-29-58)96-78-39-18-16-37-72(78)74-52-62(41-47-80(74)96)60-31-21-35-66(50-60)88-2/h3-54H. The number of fused-ring (bicyclic) bond motifs is 6. The number of nitrogens with zero attached hydrogens (tertiary/aromatic N) is 10. The van der Waals surface area contributed by atoms with Gasteiger partial charge in [-0.25, -0.2) is 39.6 Å². The normalized spacial score (nSPS) is 11.3. The molecule has 0 saturated carbocycles. The van der Waals surface area contributed by atoms with E-state index in [0.29, 0.717) is 46.3 Å². The number of rotatable bonds is 12. The van der Waals surface area contributed by atoms with Gasteiger partial charge in [-0.3, -0.25) is 0 Å². The lowest BCUT2D eigenvalue weighted by atomic mass is 9.92. The Morgan fingerprint density at radius 2 is 0.521 bits per heavy atom. The van der Waals surface area contributed by atoms with Crippen LogP contribution in [0.2, 0.25) is 0 Å². The smallest absolute Gasteiger partial charge is 0.187 e. The molecule has 17 aromatic rings. The Balaban J connectivity index is 0.887. The molecule has 0 fully saturated rings. The monoisotopic (exact) mass is 1220 g/mol. The molecule has 0 radical (unpaired) electrons. The first kappa shape index (κ1) is 56.4. The molecule has 0 atom stereocenters. The summed E-state index contributed by atoms with van der Waals surface area (Å²) >= 11 is 0. The Morgan fingerprint density at radius 3 is 0.906 bits per heavy atom. The molecule has 0 N–H and O–H groups in total. The van der Waals surface area contributed by atoms with Gasteiger partial charge >= 0.3 is 0 Å². The van der Waals surface area contributed by atoms with Crippen LogP contribution in [0.1, 0.15) is 0 Å². The number of para-hydroxylation sites is 2. The van der Waals surface area contributed by atoms with Gasteiger partial charge in [-0.1, -0.05) is 237 Å². The van der Waals surface area contributed by atoms with Crippen LogP contribution >= 0.6 is 0 Å². The number of hydrogen-bond acceptors (Lipinski definition) is 6. The highest BCUT2D eigenvalue weighted by Crippen LogP contribution is 2.44. The quantitative estimate of drug-likeness (QED) is 0.113. The van der Waals surface area contributed by atoms with Crippen LogP contribution in [0.4, 0.5) is 11.4 Å². The van der Waals surface area contributed by atoms with Crippen molar-refractivity contribution in [2.45, 2.75) is 0 Å². The van der Waals surface area contributed by atoms with Crippen LogP contribution in [0.25, 0.3) is 178 Å². The van der Waals surface area contributed by atoms with Gasteiger partial charge < -0.3 is 9.13 Å². The van der Waals surface area contributed by atoms with E-state index in [1.807, 2.05) is 158 Å². The zero-order valence-electron chi connectivity index (χ0n) is 51.5. The van der Waals surface area contributed by atoms with Gasteiger partial charge in [0, 0.05) is 66.3 Å². The van der Waals surface area contributed by atoms with Crippen molar-refractivity contribution in [3.8, 4) is 124 Å². The van der Waals surface area contributed by atoms with E-state index in [9.17, 15) is 0 Å². The molecular formula is C86H52N10. The highest BCUT2D eigenvalue weighted by Gasteiger charge is 2.24. The summed E-state index contributed by atoms with van der Waals surface area (Å²) in [6.07, 6.45) is 0. The third-order valence-electron chi connectivity index (χ3n) is 17.9. The molecule has 0 unspecified atom stereocenters. The molecule has 17 rings (SSSR count). The molecule has 13 aromatic carbocycles. The van der Waals surface area contributed by atoms with Crippen molar-refractivity contribution >= 4 is 55.0 Å². The first-order chi connectivity index (χ1) is 47.5. The second-order valence-corrected chi connectivity index (χ2v) is 23.6. The van der Waals surface area contributed by atoms with Crippen LogP contribution in [-0.4, -0.2) is 39.0 Å². The molecule has 4 aromatic heterocycles. The molecule has 0 aliphatic carbocycles. The fourth-order valence-electron chi connectivity index (χ4n) is 13.3. The second-order valence-electron chi connectivity index (χ2n) is 23.6. The van der Waals surface area contributed by atoms with Gasteiger partial charge in [0.2, 0.25) is 0 Å². The molecular weight excluding hydrogens is 1170 g/mol. The van der Waals surface area contributed by atoms with E-state index in [-0.39, 0.29) is 0 Å². The zero-order valence-corrected chi connectivity index (χ0v) is 51.5. The Labute approximate surface area is 553 Å². The third kappa shape index (κ3) is 10.3. The topological polar surface area (TPSA) is 95.9 Å². The van der Waals surface area contributed by atoms with Crippen LogP contribution in [0.5, 0.6) is 0 Å². The van der Waals surface area contributed by atoms with Gasteiger partial charge in [0.25, 0.3) is 0 Å². The van der Waals surface area contributed by atoms with Gasteiger partial charge in [-0.2, -0.15) is 0 Å². The molecule has 10 heteroatoms. The molecule has 0 saturated heterocycles. The predicted octanol–water partition coefficient (Wildman–Crippen LogP) is 22.0. The van der Waals surface area contributed by atoms with Crippen molar-refractivity contribution in [2.24, 2.45) is 0 Å². The van der Waals surface area contributed by atoms with Gasteiger partial charge in [-0.15, -0.1) is 0 Å². The lowest BCUT2D eigenvalue weighted by Crippen LogP contribution is -2.03. The zero-order chi connectivity index (χ0) is 64.1. The summed E-state index contributed by atoms with van der Waals surface area (Å²) in [5, 5.41) is 4.38. The molecule has 4 heterocycles. The van der Waals surface area contributed by atoms with E-state index in [0.717, 1.165) is 133 Å². The predicted molar refractivity (Wildman–Crippen MR) is 389 cm³/mol. The van der Waals surface area contributed by atoms with Crippen LogP contribution in [0, 0.1) is 13.1 Å². The highest BCUT2D eigenvalue weighted by molar-refractivity contribution is 6.12. The van der Waals surface area contributed by atoms with Crippen molar-refractivity contribution in [3.05, 3.63) is 338 Å². The number of hydrogen-bond donors (Lipinski definition) is 0.